The van der Waals surface area contributed by atoms with Gasteiger partial charge in [-0.1, -0.05) is 0 Å². The van der Waals surface area contributed by atoms with Crippen LogP contribution in [0, 0.1) is 0 Å². The molecule has 0 fully saturated rings. The Hall–Kier alpha value is -3.28. The van der Waals surface area contributed by atoms with Gasteiger partial charge in [-0.05, 0) is 42.5 Å². The first-order chi connectivity index (χ1) is 11.5. The van der Waals surface area contributed by atoms with Crippen LogP contribution in [0.15, 0.2) is 54.7 Å². The standard InChI is InChI=1S/C18H18N2O4/c1-23-16-8-5-13(11-17(16)24-2)15(21)9-10-20-14-6-3-12(4-7-14)18(19)22/h3-11,20H,1-2H3,(H2,19,22)/b10-9+. The lowest BCUT2D eigenvalue weighted by molar-refractivity contribution is 0.0999. The minimum Gasteiger partial charge on any atom is -0.493 e. The van der Waals surface area contributed by atoms with Gasteiger partial charge in [0.2, 0.25) is 5.91 Å². The van der Waals surface area contributed by atoms with E-state index in [9.17, 15) is 9.59 Å². The molecule has 6 nitrogen and oxygen atoms in total. The summed E-state index contributed by atoms with van der Waals surface area (Å²) in [6.07, 6.45) is 2.93. The minimum absolute atomic E-state index is 0.183. The number of methoxy groups -OCH3 is 2. The van der Waals surface area contributed by atoms with Gasteiger partial charge in [-0.2, -0.15) is 0 Å². The van der Waals surface area contributed by atoms with Gasteiger partial charge in [0.1, 0.15) is 0 Å². The largest absolute Gasteiger partial charge is 0.493 e. The highest BCUT2D eigenvalue weighted by Gasteiger charge is 2.08. The van der Waals surface area contributed by atoms with Crippen LogP contribution in [0.5, 0.6) is 11.5 Å². The van der Waals surface area contributed by atoms with Crippen molar-refractivity contribution in [1.29, 1.82) is 0 Å². The van der Waals surface area contributed by atoms with Crippen molar-refractivity contribution in [2.45, 2.75) is 0 Å². The Bertz CT molecular complexity index is 767. The van der Waals surface area contributed by atoms with Gasteiger partial charge in [-0.3, -0.25) is 9.59 Å². The first-order valence-corrected chi connectivity index (χ1v) is 7.14. The average Bonchev–Trinajstić information content (AvgIpc) is 2.61. The van der Waals surface area contributed by atoms with Gasteiger partial charge in [-0.15, -0.1) is 0 Å². The first-order valence-electron chi connectivity index (χ1n) is 7.14. The number of hydrogen-bond donors (Lipinski definition) is 2. The smallest absolute Gasteiger partial charge is 0.248 e. The molecule has 24 heavy (non-hydrogen) atoms. The zero-order valence-corrected chi connectivity index (χ0v) is 13.4. The van der Waals surface area contributed by atoms with Crippen LogP contribution in [0.2, 0.25) is 0 Å². The molecule has 2 aromatic carbocycles. The average molecular weight is 326 g/mol. The van der Waals surface area contributed by atoms with Crippen LogP contribution in [0.25, 0.3) is 0 Å². The number of nitrogens with two attached hydrogens (primary N) is 1. The number of anilines is 1. The number of amides is 1. The van der Waals surface area contributed by atoms with Gasteiger partial charge in [0, 0.05) is 29.1 Å². The predicted octanol–water partition coefficient (Wildman–Crippen LogP) is 2.61. The van der Waals surface area contributed by atoms with Gasteiger partial charge in [0.25, 0.3) is 0 Å². The van der Waals surface area contributed by atoms with Crippen molar-refractivity contribution in [1.82, 2.24) is 0 Å². The monoisotopic (exact) mass is 326 g/mol. The fourth-order valence-electron chi connectivity index (χ4n) is 2.03. The molecule has 0 aromatic heterocycles. The van der Waals surface area contributed by atoms with E-state index < -0.39 is 5.91 Å². The highest BCUT2D eigenvalue weighted by atomic mass is 16.5. The van der Waals surface area contributed by atoms with E-state index >= 15 is 0 Å². The topological polar surface area (TPSA) is 90.6 Å². The number of benzene rings is 2. The summed E-state index contributed by atoms with van der Waals surface area (Å²) in [4.78, 5) is 23.2. The van der Waals surface area contributed by atoms with Crippen LogP contribution >= 0.6 is 0 Å². The van der Waals surface area contributed by atoms with Crippen molar-refractivity contribution in [2.24, 2.45) is 5.73 Å². The maximum atomic E-state index is 12.2. The molecular weight excluding hydrogens is 308 g/mol. The van der Waals surface area contributed by atoms with Crippen molar-refractivity contribution in [2.75, 3.05) is 19.5 Å². The lowest BCUT2D eigenvalue weighted by Gasteiger charge is -2.08. The van der Waals surface area contributed by atoms with Crippen molar-refractivity contribution in [3.63, 3.8) is 0 Å². The Morgan fingerprint density at radius 1 is 0.958 bits per heavy atom. The molecule has 0 aliphatic heterocycles. The van der Waals surface area contributed by atoms with Gasteiger partial charge in [-0.25, -0.2) is 0 Å². The van der Waals surface area contributed by atoms with Crippen LogP contribution in [0.3, 0.4) is 0 Å². The van der Waals surface area contributed by atoms with E-state index in [2.05, 4.69) is 5.32 Å². The third kappa shape index (κ3) is 4.13. The zero-order chi connectivity index (χ0) is 17.5. The van der Waals surface area contributed by atoms with Crippen LogP contribution in [0.4, 0.5) is 5.69 Å². The summed E-state index contributed by atoms with van der Waals surface area (Å²) in [7, 11) is 3.05. The third-order valence-corrected chi connectivity index (χ3v) is 3.32. The maximum Gasteiger partial charge on any atom is 0.248 e. The zero-order valence-electron chi connectivity index (χ0n) is 13.4. The summed E-state index contributed by atoms with van der Waals surface area (Å²) in [5, 5.41) is 2.95. The molecule has 0 bridgehead atoms. The maximum absolute atomic E-state index is 12.2. The molecular formula is C18H18N2O4. The Balaban J connectivity index is 2.03. The molecule has 1 amide bonds. The Labute approximate surface area is 139 Å². The quantitative estimate of drug-likeness (QED) is 0.603. The van der Waals surface area contributed by atoms with Crippen LogP contribution in [-0.4, -0.2) is 25.9 Å². The fourth-order valence-corrected chi connectivity index (χ4v) is 2.03. The molecule has 0 saturated heterocycles. The Kier molecular flexibility index (Phi) is 5.57. The summed E-state index contributed by atoms with van der Waals surface area (Å²) in [6.45, 7) is 0. The predicted molar refractivity (Wildman–Crippen MR) is 91.6 cm³/mol. The number of allylic oxidation sites excluding steroid dienone is 1. The van der Waals surface area contributed by atoms with Crippen LogP contribution in [-0.2, 0) is 0 Å². The molecule has 3 N–H and O–H groups in total. The highest BCUT2D eigenvalue weighted by Crippen LogP contribution is 2.27. The Morgan fingerprint density at radius 2 is 1.58 bits per heavy atom. The molecule has 2 aromatic rings. The molecule has 0 unspecified atom stereocenters. The summed E-state index contributed by atoms with van der Waals surface area (Å²) in [6, 6.07) is 11.6. The van der Waals surface area contributed by atoms with Gasteiger partial charge < -0.3 is 20.5 Å². The molecule has 0 aliphatic rings. The molecule has 0 atom stereocenters. The van der Waals surface area contributed by atoms with E-state index in [0.29, 0.717) is 22.6 Å². The number of ketones is 1. The number of ether oxygens (including phenoxy) is 2. The second kappa shape index (κ2) is 7.82. The van der Waals surface area contributed by atoms with E-state index in [4.69, 9.17) is 15.2 Å². The number of nitrogens with one attached hydrogen (secondary N) is 1. The number of hydrogen-bond acceptors (Lipinski definition) is 5. The molecule has 2 rings (SSSR count). The van der Waals surface area contributed by atoms with E-state index in [1.165, 1.54) is 26.5 Å². The molecule has 0 spiro atoms. The number of carbonyl (C=O) groups excluding carboxylic acids is 2. The summed E-state index contributed by atoms with van der Waals surface area (Å²) >= 11 is 0. The number of carbonyl (C=O) groups is 2. The number of rotatable bonds is 7. The van der Waals surface area contributed by atoms with Gasteiger partial charge >= 0.3 is 0 Å². The molecule has 0 heterocycles. The molecule has 0 aliphatic carbocycles. The lowest BCUT2D eigenvalue weighted by atomic mass is 10.1. The second-order valence-electron chi connectivity index (χ2n) is 4.85. The van der Waals surface area contributed by atoms with Crippen LogP contribution < -0.4 is 20.5 Å². The fraction of sp³-hybridized carbons (Fsp3) is 0.111. The minimum atomic E-state index is -0.485. The SMILES string of the molecule is COc1ccc(C(=O)/C=C/Nc2ccc(C(N)=O)cc2)cc1OC. The molecule has 0 radical (unpaired) electrons. The second-order valence-corrected chi connectivity index (χ2v) is 4.85. The first kappa shape index (κ1) is 17.1. The van der Waals surface area contributed by atoms with Crippen molar-refractivity contribution in [3.05, 3.63) is 65.9 Å². The van der Waals surface area contributed by atoms with Crippen molar-refractivity contribution >= 4 is 17.4 Å². The van der Waals surface area contributed by atoms with E-state index in [1.807, 2.05) is 0 Å². The third-order valence-electron chi connectivity index (χ3n) is 3.32. The van der Waals surface area contributed by atoms with Crippen LogP contribution in [0.1, 0.15) is 20.7 Å². The van der Waals surface area contributed by atoms with E-state index in [1.54, 1.807) is 42.5 Å². The highest BCUT2D eigenvalue weighted by molar-refractivity contribution is 6.05. The summed E-state index contributed by atoms with van der Waals surface area (Å²) in [5.41, 5.74) is 6.81. The normalized spacial score (nSPS) is 10.4. The molecule has 124 valence electrons. The van der Waals surface area contributed by atoms with Crippen molar-refractivity contribution < 1.29 is 19.1 Å². The lowest BCUT2D eigenvalue weighted by Crippen LogP contribution is -2.10. The molecule has 6 heteroatoms. The number of primary amides is 1. The Morgan fingerprint density at radius 3 is 2.17 bits per heavy atom. The van der Waals surface area contributed by atoms with E-state index in [-0.39, 0.29) is 5.78 Å². The summed E-state index contributed by atoms with van der Waals surface area (Å²) < 4.78 is 10.3. The van der Waals surface area contributed by atoms with E-state index in [0.717, 1.165) is 5.69 Å². The van der Waals surface area contributed by atoms with Crippen molar-refractivity contribution in [3.8, 4) is 11.5 Å². The van der Waals surface area contributed by atoms with Gasteiger partial charge in [0.05, 0.1) is 14.2 Å². The summed E-state index contributed by atoms with van der Waals surface area (Å²) in [5.74, 6) is 0.385. The van der Waals surface area contributed by atoms with Gasteiger partial charge in [0.15, 0.2) is 17.3 Å². The molecule has 0 saturated carbocycles.